The topological polar surface area (TPSA) is 81.4 Å². The summed E-state index contributed by atoms with van der Waals surface area (Å²) in [5, 5.41) is 3.74. The van der Waals surface area contributed by atoms with Crippen molar-refractivity contribution in [1.82, 2.24) is 10.3 Å². The highest BCUT2D eigenvalue weighted by Crippen LogP contribution is 2.30. The number of carbonyl (C=O) groups is 2. The number of amides is 1. The highest BCUT2D eigenvalue weighted by atomic mass is 35.5. The van der Waals surface area contributed by atoms with Gasteiger partial charge in [-0.25, -0.2) is 4.98 Å². The zero-order chi connectivity index (χ0) is 18.2. The number of nitrogens with one attached hydrogen (secondary N) is 1. The predicted molar refractivity (Wildman–Crippen MR) is 94.5 cm³/mol. The van der Waals surface area contributed by atoms with Gasteiger partial charge in [0.2, 0.25) is 5.91 Å². The number of oxazole rings is 1. The first-order valence-electron chi connectivity index (χ1n) is 7.73. The first kappa shape index (κ1) is 19.3. The Morgan fingerprint density at radius 1 is 1.28 bits per heavy atom. The Hall–Kier alpha value is -2.05. The maximum atomic E-state index is 11.8. The molecule has 0 aliphatic rings. The van der Waals surface area contributed by atoms with E-state index in [1.807, 2.05) is 0 Å². The number of aryl methyl sites for hydroxylation is 1. The van der Waals surface area contributed by atoms with Gasteiger partial charge < -0.3 is 14.5 Å². The fourth-order valence-corrected chi connectivity index (χ4v) is 2.61. The van der Waals surface area contributed by atoms with Crippen LogP contribution in [0, 0.1) is 0 Å². The van der Waals surface area contributed by atoms with Gasteiger partial charge in [0.15, 0.2) is 11.7 Å². The molecule has 0 radical (unpaired) electrons. The fraction of sp³-hybridized carbons (Fsp3) is 0.353. The minimum absolute atomic E-state index is 0.130. The summed E-state index contributed by atoms with van der Waals surface area (Å²) < 4.78 is 10.2. The SMILES string of the molecule is COC(=O)CCCNC(=O)CCc1ncc(-c2ccc(Cl)cc2Cl)o1. The fourth-order valence-electron chi connectivity index (χ4n) is 2.11. The summed E-state index contributed by atoms with van der Waals surface area (Å²) in [6.45, 7) is 0.422. The van der Waals surface area contributed by atoms with Crippen molar-refractivity contribution in [2.24, 2.45) is 0 Å². The molecule has 0 fully saturated rings. The molecule has 2 aromatic rings. The maximum Gasteiger partial charge on any atom is 0.305 e. The molecule has 0 unspecified atom stereocenters. The number of benzene rings is 1. The van der Waals surface area contributed by atoms with E-state index in [9.17, 15) is 9.59 Å². The van der Waals surface area contributed by atoms with Crippen LogP contribution in [0.15, 0.2) is 28.8 Å². The van der Waals surface area contributed by atoms with Crippen molar-refractivity contribution >= 4 is 35.1 Å². The second-order valence-electron chi connectivity index (χ2n) is 5.27. The number of nitrogens with zero attached hydrogens (tertiary/aromatic N) is 1. The lowest BCUT2D eigenvalue weighted by Crippen LogP contribution is -2.25. The number of rotatable bonds is 8. The summed E-state index contributed by atoms with van der Waals surface area (Å²) in [5.74, 6) is 0.553. The Morgan fingerprint density at radius 3 is 2.80 bits per heavy atom. The second-order valence-corrected chi connectivity index (χ2v) is 6.12. The molecule has 0 aliphatic carbocycles. The molecule has 2 rings (SSSR count). The lowest BCUT2D eigenvalue weighted by Gasteiger charge is -2.03. The lowest BCUT2D eigenvalue weighted by atomic mass is 10.2. The van der Waals surface area contributed by atoms with Crippen LogP contribution in [0.4, 0.5) is 0 Å². The second kappa shape index (κ2) is 9.44. The normalized spacial score (nSPS) is 10.5. The summed E-state index contributed by atoms with van der Waals surface area (Å²) >= 11 is 12.0. The first-order valence-corrected chi connectivity index (χ1v) is 8.49. The third-order valence-electron chi connectivity index (χ3n) is 3.42. The lowest BCUT2D eigenvalue weighted by molar-refractivity contribution is -0.140. The molecule has 0 bridgehead atoms. The quantitative estimate of drug-likeness (QED) is 0.554. The molecule has 0 aliphatic heterocycles. The van der Waals surface area contributed by atoms with E-state index < -0.39 is 0 Å². The van der Waals surface area contributed by atoms with Crippen LogP contribution in [0.1, 0.15) is 25.2 Å². The molecule has 0 saturated carbocycles. The molecular weight excluding hydrogens is 367 g/mol. The Labute approximate surface area is 155 Å². The zero-order valence-corrected chi connectivity index (χ0v) is 15.2. The number of halogens is 2. The van der Waals surface area contributed by atoms with Crippen LogP contribution in [-0.4, -0.2) is 30.5 Å². The van der Waals surface area contributed by atoms with Crippen molar-refractivity contribution in [2.75, 3.05) is 13.7 Å². The number of esters is 1. The summed E-state index contributed by atoms with van der Waals surface area (Å²) in [6, 6.07) is 5.10. The van der Waals surface area contributed by atoms with E-state index in [0.717, 1.165) is 0 Å². The van der Waals surface area contributed by atoms with Crippen LogP contribution in [-0.2, 0) is 20.7 Å². The van der Waals surface area contributed by atoms with Crippen molar-refractivity contribution < 1.29 is 18.7 Å². The van der Waals surface area contributed by atoms with E-state index >= 15 is 0 Å². The van der Waals surface area contributed by atoms with Gasteiger partial charge in [-0.15, -0.1) is 0 Å². The van der Waals surface area contributed by atoms with Gasteiger partial charge in [0.1, 0.15) is 0 Å². The first-order chi connectivity index (χ1) is 12.0. The van der Waals surface area contributed by atoms with E-state index in [-0.39, 0.29) is 24.7 Å². The molecule has 1 aromatic heterocycles. The number of aromatic nitrogens is 1. The van der Waals surface area contributed by atoms with Crippen molar-refractivity contribution in [3.63, 3.8) is 0 Å². The summed E-state index contributed by atoms with van der Waals surface area (Å²) in [4.78, 5) is 26.9. The largest absolute Gasteiger partial charge is 0.469 e. The number of hydrogen-bond donors (Lipinski definition) is 1. The van der Waals surface area contributed by atoms with Gasteiger partial charge in [0, 0.05) is 36.4 Å². The van der Waals surface area contributed by atoms with Crippen molar-refractivity contribution in [1.29, 1.82) is 0 Å². The van der Waals surface area contributed by atoms with Gasteiger partial charge in [-0.1, -0.05) is 23.2 Å². The van der Waals surface area contributed by atoms with E-state index in [1.165, 1.54) is 7.11 Å². The molecule has 1 amide bonds. The average molecular weight is 385 g/mol. The van der Waals surface area contributed by atoms with E-state index in [1.54, 1.807) is 24.4 Å². The number of hydrogen-bond acceptors (Lipinski definition) is 5. The van der Waals surface area contributed by atoms with Crippen molar-refractivity contribution in [3.8, 4) is 11.3 Å². The van der Waals surface area contributed by atoms with Crippen LogP contribution in [0.5, 0.6) is 0 Å². The molecule has 6 nitrogen and oxygen atoms in total. The molecule has 0 saturated heterocycles. The van der Waals surface area contributed by atoms with Gasteiger partial charge in [-0.05, 0) is 24.6 Å². The molecule has 8 heteroatoms. The third kappa shape index (κ3) is 6.07. The predicted octanol–water partition coefficient (Wildman–Crippen LogP) is 3.65. The molecule has 0 atom stereocenters. The van der Waals surface area contributed by atoms with Crippen LogP contribution >= 0.6 is 23.2 Å². The molecule has 1 N–H and O–H groups in total. The highest BCUT2D eigenvalue weighted by Gasteiger charge is 2.12. The van der Waals surface area contributed by atoms with Crippen molar-refractivity contribution in [2.45, 2.75) is 25.7 Å². The Bertz CT molecular complexity index is 746. The van der Waals surface area contributed by atoms with Crippen molar-refractivity contribution in [3.05, 3.63) is 40.3 Å². The highest BCUT2D eigenvalue weighted by molar-refractivity contribution is 6.36. The Balaban J connectivity index is 1.79. The van der Waals surface area contributed by atoms with Crippen LogP contribution in [0.25, 0.3) is 11.3 Å². The van der Waals surface area contributed by atoms with Crippen LogP contribution in [0.3, 0.4) is 0 Å². The summed E-state index contributed by atoms with van der Waals surface area (Å²) in [5.41, 5.74) is 0.692. The standard InChI is InChI=1S/C17H18Cl2N2O4/c1-24-17(23)3-2-8-20-15(22)6-7-16-21-10-14(25-16)12-5-4-11(18)9-13(12)19/h4-5,9-10H,2-3,6-8H2,1H3,(H,20,22). The van der Waals surface area contributed by atoms with Gasteiger partial charge in [0.25, 0.3) is 0 Å². The maximum absolute atomic E-state index is 11.8. The average Bonchev–Trinajstić information content (AvgIpc) is 3.05. The molecule has 1 aromatic carbocycles. The zero-order valence-electron chi connectivity index (χ0n) is 13.7. The van der Waals surface area contributed by atoms with E-state index in [4.69, 9.17) is 27.6 Å². The Morgan fingerprint density at radius 2 is 2.08 bits per heavy atom. The van der Waals surface area contributed by atoms with E-state index in [2.05, 4.69) is 15.0 Å². The smallest absolute Gasteiger partial charge is 0.305 e. The molecular formula is C17H18Cl2N2O4. The Kier molecular flexibility index (Phi) is 7.28. The van der Waals surface area contributed by atoms with Gasteiger partial charge >= 0.3 is 5.97 Å². The van der Waals surface area contributed by atoms with Gasteiger partial charge in [-0.2, -0.15) is 0 Å². The number of methoxy groups -OCH3 is 1. The molecule has 134 valence electrons. The number of ether oxygens (including phenoxy) is 1. The monoisotopic (exact) mass is 384 g/mol. The van der Waals surface area contributed by atoms with Crippen LogP contribution in [0.2, 0.25) is 10.0 Å². The minimum atomic E-state index is -0.289. The molecule has 1 heterocycles. The minimum Gasteiger partial charge on any atom is -0.469 e. The summed E-state index contributed by atoms with van der Waals surface area (Å²) in [7, 11) is 1.34. The van der Waals surface area contributed by atoms with Crippen LogP contribution < -0.4 is 5.32 Å². The van der Waals surface area contributed by atoms with E-state index in [0.29, 0.717) is 46.6 Å². The van der Waals surface area contributed by atoms with Gasteiger partial charge in [-0.3, -0.25) is 9.59 Å². The third-order valence-corrected chi connectivity index (χ3v) is 3.97. The molecule has 25 heavy (non-hydrogen) atoms. The molecule has 0 spiro atoms. The van der Waals surface area contributed by atoms with Gasteiger partial charge in [0.05, 0.1) is 18.3 Å². The number of carbonyl (C=O) groups excluding carboxylic acids is 2. The summed E-state index contributed by atoms with van der Waals surface area (Å²) in [6.07, 6.45) is 3.00.